The highest BCUT2D eigenvalue weighted by Gasteiger charge is 2.19. The molecule has 2 aromatic rings. The molecule has 0 radical (unpaired) electrons. The van der Waals surface area contributed by atoms with E-state index in [4.69, 9.17) is 14.2 Å². The molecular formula is C20H29N3O4. The lowest BCUT2D eigenvalue weighted by atomic mass is 10.0. The molecule has 7 nitrogen and oxygen atoms in total. The van der Waals surface area contributed by atoms with Crippen LogP contribution in [-0.2, 0) is 16.5 Å². The molecule has 1 aromatic heterocycles. The summed E-state index contributed by atoms with van der Waals surface area (Å²) in [7, 11) is 3.50. The molecule has 1 atom stereocenters. The van der Waals surface area contributed by atoms with Crippen LogP contribution in [0, 0.1) is 0 Å². The SMILES string of the molecule is COCCOc1cc(-c2cnn(C)c2)cc([C@@H](C)NC(=O)OC(C)(C)C)c1. The highest BCUT2D eigenvalue weighted by molar-refractivity contribution is 5.69. The van der Waals surface area contributed by atoms with Crippen LogP contribution in [-0.4, -0.2) is 41.8 Å². The van der Waals surface area contributed by atoms with Crippen molar-refractivity contribution in [3.05, 3.63) is 36.2 Å². The van der Waals surface area contributed by atoms with Crippen LogP contribution in [0.1, 0.15) is 39.3 Å². The first-order chi connectivity index (χ1) is 12.7. The molecule has 0 fully saturated rings. The summed E-state index contributed by atoms with van der Waals surface area (Å²) in [6.07, 6.45) is 3.28. The first-order valence-electron chi connectivity index (χ1n) is 8.93. The van der Waals surface area contributed by atoms with E-state index < -0.39 is 11.7 Å². The lowest BCUT2D eigenvalue weighted by molar-refractivity contribution is 0.0508. The average Bonchev–Trinajstić information content (AvgIpc) is 2.99. The van der Waals surface area contributed by atoms with Crippen molar-refractivity contribution in [2.24, 2.45) is 7.05 Å². The van der Waals surface area contributed by atoms with Crippen molar-refractivity contribution in [3.63, 3.8) is 0 Å². The highest BCUT2D eigenvalue weighted by atomic mass is 16.6. The molecule has 0 unspecified atom stereocenters. The maximum atomic E-state index is 12.1. The van der Waals surface area contributed by atoms with E-state index in [1.807, 2.05) is 59.1 Å². The predicted octanol–water partition coefficient (Wildman–Crippen LogP) is 3.70. The van der Waals surface area contributed by atoms with E-state index in [9.17, 15) is 4.79 Å². The van der Waals surface area contributed by atoms with Crippen LogP contribution in [0.2, 0.25) is 0 Å². The number of nitrogens with zero attached hydrogens (tertiary/aromatic N) is 2. The molecule has 1 N–H and O–H groups in total. The van der Waals surface area contributed by atoms with Gasteiger partial charge in [0.1, 0.15) is 18.0 Å². The number of nitrogens with one attached hydrogen (secondary N) is 1. The van der Waals surface area contributed by atoms with E-state index in [1.54, 1.807) is 18.0 Å². The zero-order valence-corrected chi connectivity index (χ0v) is 16.9. The van der Waals surface area contributed by atoms with Crippen LogP contribution < -0.4 is 10.1 Å². The van der Waals surface area contributed by atoms with Crippen LogP contribution >= 0.6 is 0 Å². The smallest absolute Gasteiger partial charge is 0.408 e. The Morgan fingerprint density at radius 1 is 1.22 bits per heavy atom. The Morgan fingerprint density at radius 3 is 2.56 bits per heavy atom. The molecule has 0 bridgehead atoms. The summed E-state index contributed by atoms with van der Waals surface area (Å²) in [6.45, 7) is 8.36. The third-order valence-electron chi connectivity index (χ3n) is 3.76. The van der Waals surface area contributed by atoms with Gasteiger partial charge in [-0.15, -0.1) is 0 Å². The number of methoxy groups -OCH3 is 1. The molecule has 0 aliphatic rings. The minimum Gasteiger partial charge on any atom is -0.491 e. The Hall–Kier alpha value is -2.54. The molecule has 0 spiro atoms. The minimum absolute atomic E-state index is 0.249. The van der Waals surface area contributed by atoms with Gasteiger partial charge >= 0.3 is 6.09 Å². The topological polar surface area (TPSA) is 74.6 Å². The van der Waals surface area contributed by atoms with Gasteiger partial charge in [0.05, 0.1) is 18.8 Å². The molecule has 1 heterocycles. The second kappa shape index (κ2) is 8.90. The van der Waals surface area contributed by atoms with Crippen molar-refractivity contribution in [2.45, 2.75) is 39.3 Å². The molecule has 148 valence electrons. The van der Waals surface area contributed by atoms with Crippen LogP contribution in [0.3, 0.4) is 0 Å². The lowest BCUT2D eigenvalue weighted by Crippen LogP contribution is -2.34. The number of hydrogen-bond acceptors (Lipinski definition) is 5. The highest BCUT2D eigenvalue weighted by Crippen LogP contribution is 2.29. The van der Waals surface area contributed by atoms with E-state index in [1.165, 1.54) is 0 Å². The molecule has 27 heavy (non-hydrogen) atoms. The fourth-order valence-corrected chi connectivity index (χ4v) is 2.50. The third kappa shape index (κ3) is 6.60. The van der Waals surface area contributed by atoms with Crippen molar-refractivity contribution in [2.75, 3.05) is 20.3 Å². The Kier molecular flexibility index (Phi) is 6.85. The molecule has 2 rings (SSSR count). The first kappa shape index (κ1) is 20.8. The normalized spacial score (nSPS) is 12.5. The summed E-state index contributed by atoms with van der Waals surface area (Å²) in [5, 5.41) is 7.10. The van der Waals surface area contributed by atoms with Crippen molar-refractivity contribution >= 4 is 6.09 Å². The minimum atomic E-state index is -0.546. The van der Waals surface area contributed by atoms with E-state index >= 15 is 0 Å². The lowest BCUT2D eigenvalue weighted by Gasteiger charge is -2.22. The Morgan fingerprint density at radius 2 is 1.96 bits per heavy atom. The molecular weight excluding hydrogens is 346 g/mol. The number of amides is 1. The van der Waals surface area contributed by atoms with Crippen LogP contribution in [0.15, 0.2) is 30.6 Å². The fourth-order valence-electron chi connectivity index (χ4n) is 2.50. The van der Waals surface area contributed by atoms with Gasteiger partial charge in [0, 0.05) is 25.9 Å². The van der Waals surface area contributed by atoms with Gasteiger partial charge in [-0.25, -0.2) is 4.79 Å². The number of hydrogen-bond donors (Lipinski definition) is 1. The van der Waals surface area contributed by atoms with Crippen LogP contribution in [0.5, 0.6) is 5.75 Å². The number of ether oxygens (including phenoxy) is 3. The van der Waals surface area contributed by atoms with Crippen molar-refractivity contribution in [1.29, 1.82) is 0 Å². The zero-order valence-electron chi connectivity index (χ0n) is 16.9. The summed E-state index contributed by atoms with van der Waals surface area (Å²) in [6, 6.07) is 5.64. The van der Waals surface area contributed by atoms with Gasteiger partial charge in [-0.05, 0) is 57.0 Å². The quantitative estimate of drug-likeness (QED) is 0.747. The summed E-state index contributed by atoms with van der Waals surface area (Å²) in [5.41, 5.74) is 2.30. The maximum Gasteiger partial charge on any atom is 0.408 e. The summed E-state index contributed by atoms with van der Waals surface area (Å²) >= 11 is 0. The van der Waals surface area contributed by atoms with Gasteiger partial charge in [-0.2, -0.15) is 5.10 Å². The largest absolute Gasteiger partial charge is 0.491 e. The summed E-state index contributed by atoms with van der Waals surface area (Å²) < 4.78 is 17.9. The van der Waals surface area contributed by atoms with Gasteiger partial charge in [0.25, 0.3) is 0 Å². The number of benzene rings is 1. The standard InChI is InChI=1S/C20H29N3O4/c1-14(22-19(24)27-20(2,3)4)15-9-16(17-12-21-23(5)13-17)11-18(10-15)26-8-7-25-6/h9-14H,7-8H2,1-6H3,(H,22,24)/t14-/m1/s1. The molecule has 1 amide bonds. The Bertz CT molecular complexity index is 765. The zero-order chi connectivity index (χ0) is 20.0. The molecule has 0 aliphatic carbocycles. The third-order valence-corrected chi connectivity index (χ3v) is 3.76. The average molecular weight is 375 g/mol. The molecule has 1 aromatic carbocycles. The van der Waals surface area contributed by atoms with Crippen LogP contribution in [0.25, 0.3) is 11.1 Å². The number of aromatic nitrogens is 2. The monoisotopic (exact) mass is 375 g/mol. The van der Waals surface area contributed by atoms with E-state index in [0.717, 1.165) is 16.7 Å². The fraction of sp³-hybridized carbons (Fsp3) is 0.500. The first-order valence-corrected chi connectivity index (χ1v) is 8.93. The Balaban J connectivity index is 2.24. The van der Waals surface area contributed by atoms with E-state index in [-0.39, 0.29) is 6.04 Å². The van der Waals surface area contributed by atoms with Gasteiger partial charge in [-0.3, -0.25) is 4.68 Å². The second-order valence-corrected chi connectivity index (χ2v) is 7.40. The molecule has 7 heteroatoms. The van der Waals surface area contributed by atoms with Crippen LogP contribution in [0.4, 0.5) is 4.79 Å². The van der Waals surface area contributed by atoms with Gasteiger partial charge < -0.3 is 19.5 Å². The predicted molar refractivity (Wildman–Crippen MR) is 104 cm³/mol. The number of carbonyl (C=O) groups is 1. The van der Waals surface area contributed by atoms with Gasteiger partial charge in [0.15, 0.2) is 0 Å². The maximum absolute atomic E-state index is 12.1. The van der Waals surface area contributed by atoms with E-state index in [0.29, 0.717) is 19.0 Å². The summed E-state index contributed by atoms with van der Waals surface area (Å²) in [4.78, 5) is 12.1. The number of rotatable bonds is 7. The molecule has 0 aliphatic heterocycles. The number of aryl methyl sites for hydroxylation is 1. The van der Waals surface area contributed by atoms with E-state index in [2.05, 4.69) is 10.4 Å². The molecule has 0 saturated carbocycles. The van der Waals surface area contributed by atoms with Crippen molar-refractivity contribution < 1.29 is 19.0 Å². The summed E-state index contributed by atoms with van der Waals surface area (Å²) in [5.74, 6) is 0.709. The molecule has 0 saturated heterocycles. The number of carbonyl (C=O) groups excluding carboxylic acids is 1. The Labute approximate surface area is 160 Å². The van der Waals surface area contributed by atoms with Gasteiger partial charge in [0.2, 0.25) is 0 Å². The number of alkyl carbamates (subject to hydrolysis) is 1. The van der Waals surface area contributed by atoms with Crippen molar-refractivity contribution in [1.82, 2.24) is 15.1 Å². The van der Waals surface area contributed by atoms with Crippen molar-refractivity contribution in [3.8, 4) is 16.9 Å². The van der Waals surface area contributed by atoms with Gasteiger partial charge in [-0.1, -0.05) is 0 Å². The second-order valence-electron chi connectivity index (χ2n) is 7.40.